The fourth-order valence-corrected chi connectivity index (χ4v) is 9.42. The minimum atomic E-state index is -1.55. The van der Waals surface area contributed by atoms with Crippen LogP contribution in [-0.2, 0) is 9.53 Å². The van der Waals surface area contributed by atoms with Gasteiger partial charge < -0.3 is 4.74 Å². The number of hydrogen-bond acceptors (Lipinski definition) is 2. The molecule has 29 heavy (non-hydrogen) atoms. The Balaban J connectivity index is 4.11. The highest BCUT2D eigenvalue weighted by Gasteiger charge is 2.41. The van der Waals surface area contributed by atoms with Crippen molar-refractivity contribution in [3.8, 4) is 11.5 Å². The monoisotopic (exact) mass is 418 g/mol. The quantitative estimate of drug-likeness (QED) is 0.0848. The van der Waals surface area contributed by atoms with Gasteiger partial charge in [0, 0.05) is 12.5 Å². The van der Waals surface area contributed by atoms with E-state index in [1.165, 1.54) is 31.8 Å². The maximum absolute atomic E-state index is 11.5. The van der Waals surface area contributed by atoms with Crippen molar-refractivity contribution in [2.45, 2.75) is 123 Å². The zero-order chi connectivity index (χ0) is 22.5. The van der Waals surface area contributed by atoms with Crippen molar-refractivity contribution >= 4 is 14.0 Å². The first kappa shape index (κ1) is 27.7. The summed E-state index contributed by atoms with van der Waals surface area (Å²) < 4.78 is 5.22. The maximum atomic E-state index is 11.5. The highest BCUT2D eigenvalue weighted by atomic mass is 28.3. The van der Waals surface area contributed by atoms with E-state index in [9.17, 15) is 4.79 Å². The van der Waals surface area contributed by atoms with Gasteiger partial charge in [-0.1, -0.05) is 72.6 Å². The molecule has 0 atom stereocenters. The molecule has 166 valence electrons. The number of esters is 1. The molecule has 0 aliphatic heterocycles. The number of ether oxygens (including phenoxy) is 1. The fraction of sp³-hybridized carbons (Fsp3) is 0.731. The predicted octanol–water partition coefficient (Wildman–Crippen LogP) is 8.00. The van der Waals surface area contributed by atoms with Gasteiger partial charge in [0.05, 0.1) is 0 Å². The molecule has 0 aromatic heterocycles. The fourth-order valence-electron chi connectivity index (χ4n) is 4.12. The van der Waals surface area contributed by atoms with Gasteiger partial charge >= 0.3 is 5.97 Å². The molecule has 0 saturated carbocycles. The van der Waals surface area contributed by atoms with E-state index in [0.29, 0.717) is 16.6 Å². The first-order valence-corrected chi connectivity index (χ1v) is 13.7. The zero-order valence-corrected chi connectivity index (χ0v) is 21.6. The zero-order valence-electron chi connectivity index (χ0n) is 20.6. The molecule has 0 N–H and O–H groups in total. The topological polar surface area (TPSA) is 26.3 Å². The lowest BCUT2D eigenvalue weighted by molar-refractivity contribution is -0.148. The molecule has 0 saturated heterocycles. The van der Waals surface area contributed by atoms with Crippen molar-refractivity contribution in [2.24, 2.45) is 0 Å². The Hall–Kier alpha value is -1.27. The van der Waals surface area contributed by atoms with Crippen molar-refractivity contribution in [1.29, 1.82) is 0 Å². The van der Waals surface area contributed by atoms with E-state index >= 15 is 0 Å². The second-order valence-electron chi connectivity index (χ2n) is 9.97. The number of allylic oxidation sites excluding steroid dienone is 3. The number of rotatable bonds is 11. The van der Waals surface area contributed by atoms with Crippen LogP contribution in [0.2, 0.25) is 16.6 Å². The highest BCUT2D eigenvalue weighted by Crippen LogP contribution is 2.40. The number of unbranched alkanes of at least 4 members (excludes halogenated alkanes) is 5. The lowest BCUT2D eigenvalue weighted by Crippen LogP contribution is -2.43. The Morgan fingerprint density at radius 2 is 1.45 bits per heavy atom. The van der Waals surface area contributed by atoms with E-state index in [1.807, 2.05) is 26.8 Å². The summed E-state index contributed by atoms with van der Waals surface area (Å²) in [4.78, 5) is 11.5. The molecule has 0 spiro atoms. The molecule has 0 bridgehead atoms. The third-order valence-corrected chi connectivity index (χ3v) is 11.8. The minimum Gasteiger partial charge on any atom is -0.457 e. The summed E-state index contributed by atoms with van der Waals surface area (Å²) in [5.41, 5.74) is 5.52. The molecule has 2 nitrogen and oxygen atoms in total. The average molecular weight is 419 g/mol. The third kappa shape index (κ3) is 11.5. The summed E-state index contributed by atoms with van der Waals surface area (Å²) in [6.07, 6.45) is 14.3. The van der Waals surface area contributed by atoms with E-state index in [1.54, 1.807) is 6.08 Å². The SMILES string of the molecule is CC(C)[Si](C#CCCCCCC/C=C\C=C\C(=O)OC(C)(C)C)(C(C)C)C(C)C. The van der Waals surface area contributed by atoms with Crippen LogP contribution in [-0.4, -0.2) is 19.6 Å². The second-order valence-corrected chi connectivity index (χ2v) is 15.6. The summed E-state index contributed by atoms with van der Waals surface area (Å²) >= 11 is 0. The first-order chi connectivity index (χ1) is 13.4. The normalized spacial score (nSPS) is 13.0. The molecule has 0 rings (SSSR count). The van der Waals surface area contributed by atoms with Gasteiger partial charge in [0.15, 0.2) is 0 Å². The molecular formula is C26H46O2Si. The smallest absolute Gasteiger partial charge is 0.331 e. The molecule has 0 amide bonds. The van der Waals surface area contributed by atoms with Crippen molar-refractivity contribution in [1.82, 2.24) is 0 Å². The van der Waals surface area contributed by atoms with Crippen molar-refractivity contribution in [3.63, 3.8) is 0 Å². The highest BCUT2D eigenvalue weighted by molar-refractivity contribution is 6.90. The number of hydrogen-bond donors (Lipinski definition) is 0. The van der Waals surface area contributed by atoms with Crippen LogP contribution in [0.3, 0.4) is 0 Å². The largest absolute Gasteiger partial charge is 0.457 e. The van der Waals surface area contributed by atoms with Gasteiger partial charge in [-0.2, -0.15) is 0 Å². The van der Waals surface area contributed by atoms with Crippen LogP contribution in [0.15, 0.2) is 24.3 Å². The van der Waals surface area contributed by atoms with Crippen LogP contribution in [0.5, 0.6) is 0 Å². The van der Waals surface area contributed by atoms with Gasteiger partial charge in [0.1, 0.15) is 13.7 Å². The predicted molar refractivity (Wildman–Crippen MR) is 131 cm³/mol. The van der Waals surface area contributed by atoms with Crippen molar-refractivity contribution < 1.29 is 9.53 Å². The Labute approximate surface area is 182 Å². The van der Waals surface area contributed by atoms with Crippen LogP contribution in [0, 0.1) is 11.5 Å². The van der Waals surface area contributed by atoms with Crippen LogP contribution in [0.25, 0.3) is 0 Å². The number of carbonyl (C=O) groups is 1. The van der Waals surface area contributed by atoms with E-state index in [0.717, 1.165) is 12.8 Å². The summed E-state index contributed by atoms with van der Waals surface area (Å²) in [6, 6.07) is 0. The molecule has 0 radical (unpaired) electrons. The minimum absolute atomic E-state index is 0.289. The van der Waals surface area contributed by atoms with Crippen molar-refractivity contribution in [2.75, 3.05) is 0 Å². The molecule has 0 fully saturated rings. The Morgan fingerprint density at radius 3 is 1.97 bits per heavy atom. The summed E-state index contributed by atoms with van der Waals surface area (Å²) in [5, 5.41) is 0. The number of carbonyl (C=O) groups excluding carboxylic acids is 1. The summed E-state index contributed by atoms with van der Waals surface area (Å²) in [6.45, 7) is 19.9. The molecular weight excluding hydrogens is 372 g/mol. The molecule has 0 unspecified atom stereocenters. The summed E-state index contributed by atoms with van der Waals surface area (Å²) in [5.74, 6) is 3.27. The molecule has 0 heterocycles. The van der Waals surface area contributed by atoms with E-state index in [4.69, 9.17) is 4.74 Å². The van der Waals surface area contributed by atoms with Crippen LogP contribution < -0.4 is 0 Å². The van der Waals surface area contributed by atoms with E-state index < -0.39 is 13.7 Å². The van der Waals surface area contributed by atoms with Crippen LogP contribution in [0.4, 0.5) is 0 Å². The van der Waals surface area contributed by atoms with E-state index in [2.05, 4.69) is 59.1 Å². The van der Waals surface area contributed by atoms with E-state index in [-0.39, 0.29) is 5.97 Å². The molecule has 0 aromatic carbocycles. The maximum Gasteiger partial charge on any atom is 0.331 e. The Morgan fingerprint density at radius 1 is 0.897 bits per heavy atom. The summed E-state index contributed by atoms with van der Waals surface area (Å²) in [7, 11) is -1.55. The molecule has 0 aliphatic rings. The second kappa shape index (κ2) is 13.9. The van der Waals surface area contributed by atoms with Crippen LogP contribution in [0.1, 0.15) is 101 Å². The Bertz CT molecular complexity index is 558. The Kier molecular flexibility index (Phi) is 13.3. The molecule has 3 heteroatoms. The van der Waals surface area contributed by atoms with Gasteiger partial charge in [-0.3, -0.25) is 0 Å². The van der Waals surface area contributed by atoms with Crippen molar-refractivity contribution in [3.05, 3.63) is 24.3 Å². The lowest BCUT2D eigenvalue weighted by atomic mass is 10.1. The third-order valence-electron chi connectivity index (χ3n) is 5.48. The van der Waals surface area contributed by atoms with Gasteiger partial charge in [0.25, 0.3) is 0 Å². The average Bonchev–Trinajstić information content (AvgIpc) is 2.56. The van der Waals surface area contributed by atoms with Gasteiger partial charge in [-0.15, -0.1) is 11.5 Å². The van der Waals surface area contributed by atoms with Gasteiger partial charge in [-0.25, -0.2) is 4.79 Å². The lowest BCUT2D eigenvalue weighted by Gasteiger charge is -2.38. The van der Waals surface area contributed by atoms with Crippen LogP contribution >= 0.6 is 0 Å². The molecule has 0 aromatic rings. The molecule has 0 aliphatic carbocycles. The van der Waals surface area contributed by atoms with Gasteiger partial charge in [0.2, 0.25) is 0 Å². The van der Waals surface area contributed by atoms with Gasteiger partial charge in [-0.05, 0) is 56.7 Å². The first-order valence-electron chi connectivity index (χ1n) is 11.5. The standard InChI is InChI=1S/C26H46O2Si/c1-22(2)29(23(3)4,24(5)6)21-19-17-15-13-11-10-12-14-16-18-20-25(27)28-26(7,8)9/h14,16,18,20,22-24H,10-13,15,17H2,1-9H3/b16-14-,20-18+.